The van der Waals surface area contributed by atoms with Crippen molar-refractivity contribution >= 4 is 17.7 Å². The predicted molar refractivity (Wildman–Crippen MR) is 123 cm³/mol. The minimum absolute atomic E-state index is 0.0245. The Balaban J connectivity index is 1.99. The van der Waals surface area contributed by atoms with E-state index in [2.05, 4.69) is 4.98 Å². The van der Waals surface area contributed by atoms with Gasteiger partial charge in [-0.3, -0.25) is 9.59 Å². The lowest BCUT2D eigenvalue weighted by Crippen LogP contribution is -2.43. The van der Waals surface area contributed by atoms with E-state index in [1.54, 1.807) is 27.7 Å². The molecule has 0 aliphatic carbocycles. The number of aromatic nitrogens is 1. The van der Waals surface area contributed by atoms with Gasteiger partial charge in [0.1, 0.15) is 17.3 Å². The first-order valence-corrected chi connectivity index (χ1v) is 10.9. The molecule has 1 heterocycles. The van der Waals surface area contributed by atoms with E-state index < -0.39 is 29.6 Å². The van der Waals surface area contributed by atoms with E-state index in [1.165, 1.54) is 53.4 Å². The lowest BCUT2D eigenvalue weighted by atomic mass is 9.98. The number of esters is 1. The summed E-state index contributed by atoms with van der Waals surface area (Å²) in [4.78, 5) is 43.5. The van der Waals surface area contributed by atoms with Gasteiger partial charge in [-0.15, -0.1) is 0 Å². The van der Waals surface area contributed by atoms with Crippen LogP contribution in [-0.2, 0) is 11.3 Å². The molecular formula is C26H26F2N2O4. The van der Waals surface area contributed by atoms with Gasteiger partial charge in [0.2, 0.25) is 0 Å². The molecule has 0 radical (unpaired) electrons. The highest BCUT2D eigenvalue weighted by atomic mass is 19.1. The Morgan fingerprint density at radius 2 is 1.53 bits per heavy atom. The first-order chi connectivity index (χ1) is 16.1. The average Bonchev–Trinajstić information content (AvgIpc) is 3.11. The Morgan fingerprint density at radius 1 is 0.971 bits per heavy atom. The van der Waals surface area contributed by atoms with Crippen LogP contribution < -0.4 is 0 Å². The molecule has 0 aliphatic heterocycles. The minimum atomic E-state index is -0.939. The number of Topliss-reactive ketones (excluding diaryl/α,β-unsaturated/α-hetero) is 1. The number of benzene rings is 2. The van der Waals surface area contributed by atoms with Crippen LogP contribution in [-0.4, -0.2) is 40.2 Å². The first kappa shape index (κ1) is 24.8. The molecule has 178 valence electrons. The van der Waals surface area contributed by atoms with Gasteiger partial charge in [-0.2, -0.15) is 0 Å². The van der Waals surface area contributed by atoms with E-state index >= 15 is 0 Å². The standard InChI is InChI=1S/C26H26F2N2O4/c1-5-34-26(33)23-15(2)22(16(3)29-23)24(31)17(4)30(14-18-6-10-20(27)11-7-18)25(32)19-8-12-21(28)13-9-19/h6-13,17,29H,5,14H2,1-4H3/t17-/m0/s1. The molecule has 0 aliphatic rings. The van der Waals surface area contributed by atoms with E-state index in [0.29, 0.717) is 22.4 Å². The number of halogens is 2. The molecule has 0 bridgehead atoms. The van der Waals surface area contributed by atoms with Crippen LogP contribution in [0.25, 0.3) is 0 Å². The molecule has 1 amide bonds. The van der Waals surface area contributed by atoms with Crippen molar-refractivity contribution < 1.29 is 27.9 Å². The molecule has 34 heavy (non-hydrogen) atoms. The van der Waals surface area contributed by atoms with Crippen molar-refractivity contribution in [1.29, 1.82) is 0 Å². The fourth-order valence-electron chi connectivity index (χ4n) is 3.81. The Morgan fingerprint density at radius 3 is 2.09 bits per heavy atom. The topological polar surface area (TPSA) is 79.5 Å². The number of nitrogens with one attached hydrogen (secondary N) is 1. The number of nitrogens with zero attached hydrogens (tertiary/aromatic N) is 1. The highest BCUT2D eigenvalue weighted by Crippen LogP contribution is 2.24. The number of hydrogen-bond donors (Lipinski definition) is 1. The number of carbonyl (C=O) groups is 3. The molecule has 2 aromatic carbocycles. The molecule has 6 nitrogen and oxygen atoms in total. The van der Waals surface area contributed by atoms with Crippen LogP contribution in [0.15, 0.2) is 48.5 Å². The third-order valence-electron chi connectivity index (χ3n) is 5.63. The zero-order chi connectivity index (χ0) is 25.0. The highest BCUT2D eigenvalue weighted by Gasteiger charge is 2.32. The number of rotatable bonds is 8. The van der Waals surface area contributed by atoms with Crippen molar-refractivity contribution in [2.24, 2.45) is 0 Å². The SMILES string of the molecule is CCOC(=O)c1[nH]c(C)c(C(=O)[C@H](C)N(Cc2ccc(F)cc2)C(=O)c2ccc(F)cc2)c1C. The number of aromatic amines is 1. The maximum absolute atomic E-state index is 13.6. The van der Waals surface area contributed by atoms with E-state index in [-0.39, 0.29) is 30.2 Å². The summed E-state index contributed by atoms with van der Waals surface area (Å²) in [5.41, 5.74) is 2.22. The van der Waals surface area contributed by atoms with Gasteiger partial charge in [-0.25, -0.2) is 13.6 Å². The summed E-state index contributed by atoms with van der Waals surface area (Å²) in [5, 5.41) is 0. The Labute approximate surface area is 196 Å². The number of H-pyrrole nitrogens is 1. The van der Waals surface area contributed by atoms with Crippen molar-refractivity contribution in [3.8, 4) is 0 Å². The number of ketones is 1. The van der Waals surface area contributed by atoms with Crippen LogP contribution in [0.2, 0.25) is 0 Å². The second kappa shape index (κ2) is 10.4. The van der Waals surface area contributed by atoms with Crippen molar-refractivity contribution in [2.45, 2.75) is 40.3 Å². The third-order valence-corrected chi connectivity index (χ3v) is 5.63. The number of amides is 1. The smallest absolute Gasteiger partial charge is 0.355 e. The molecular weight excluding hydrogens is 442 g/mol. The van der Waals surface area contributed by atoms with Crippen molar-refractivity contribution in [3.63, 3.8) is 0 Å². The normalized spacial score (nSPS) is 11.7. The Kier molecular flexibility index (Phi) is 7.61. The zero-order valence-electron chi connectivity index (χ0n) is 19.4. The molecule has 3 aromatic rings. The average molecular weight is 469 g/mol. The molecule has 1 N–H and O–H groups in total. The predicted octanol–water partition coefficient (Wildman–Crippen LogP) is 5.00. The van der Waals surface area contributed by atoms with Crippen molar-refractivity contribution in [3.05, 3.63) is 93.8 Å². The van der Waals surface area contributed by atoms with Gasteiger partial charge < -0.3 is 14.6 Å². The van der Waals surface area contributed by atoms with Gasteiger partial charge in [0, 0.05) is 23.4 Å². The summed E-state index contributed by atoms with van der Waals surface area (Å²) >= 11 is 0. The minimum Gasteiger partial charge on any atom is -0.461 e. The number of ether oxygens (including phenoxy) is 1. The van der Waals surface area contributed by atoms with Crippen molar-refractivity contribution in [1.82, 2.24) is 9.88 Å². The Bertz CT molecular complexity index is 1200. The fraction of sp³-hybridized carbons (Fsp3) is 0.269. The molecule has 0 saturated carbocycles. The molecule has 1 atom stereocenters. The van der Waals surface area contributed by atoms with Crippen LogP contribution in [0, 0.1) is 25.5 Å². The van der Waals surface area contributed by atoms with Crippen LogP contribution in [0.1, 0.15) is 61.9 Å². The van der Waals surface area contributed by atoms with Gasteiger partial charge in [-0.1, -0.05) is 12.1 Å². The maximum atomic E-state index is 13.6. The summed E-state index contributed by atoms with van der Waals surface area (Å²) in [5.74, 6) is -2.34. The third kappa shape index (κ3) is 5.22. The fourth-order valence-corrected chi connectivity index (χ4v) is 3.81. The summed E-state index contributed by atoms with van der Waals surface area (Å²) < 4.78 is 31.8. The first-order valence-electron chi connectivity index (χ1n) is 10.9. The van der Waals surface area contributed by atoms with Gasteiger partial charge in [0.05, 0.1) is 12.6 Å². The number of carbonyl (C=O) groups excluding carboxylic acids is 3. The monoisotopic (exact) mass is 468 g/mol. The largest absolute Gasteiger partial charge is 0.461 e. The Hall–Kier alpha value is -3.81. The van der Waals surface area contributed by atoms with Gasteiger partial charge in [0.15, 0.2) is 5.78 Å². The zero-order valence-corrected chi connectivity index (χ0v) is 19.4. The van der Waals surface area contributed by atoms with Gasteiger partial charge in [-0.05, 0) is 75.2 Å². The summed E-state index contributed by atoms with van der Waals surface area (Å²) in [6.45, 7) is 6.79. The second-order valence-corrected chi connectivity index (χ2v) is 7.95. The van der Waals surface area contributed by atoms with E-state index in [0.717, 1.165) is 0 Å². The molecule has 0 spiro atoms. The quantitative estimate of drug-likeness (QED) is 0.373. The maximum Gasteiger partial charge on any atom is 0.355 e. The van der Waals surface area contributed by atoms with Gasteiger partial charge in [0.25, 0.3) is 5.91 Å². The van der Waals surface area contributed by atoms with Crippen LogP contribution >= 0.6 is 0 Å². The number of hydrogen-bond acceptors (Lipinski definition) is 4. The van der Waals surface area contributed by atoms with E-state index in [9.17, 15) is 23.2 Å². The van der Waals surface area contributed by atoms with Crippen LogP contribution in [0.5, 0.6) is 0 Å². The van der Waals surface area contributed by atoms with E-state index in [4.69, 9.17) is 4.74 Å². The van der Waals surface area contributed by atoms with Crippen LogP contribution in [0.4, 0.5) is 8.78 Å². The molecule has 0 saturated heterocycles. The van der Waals surface area contributed by atoms with Gasteiger partial charge >= 0.3 is 5.97 Å². The molecule has 0 unspecified atom stereocenters. The second-order valence-electron chi connectivity index (χ2n) is 7.95. The lowest BCUT2D eigenvalue weighted by Gasteiger charge is -2.29. The van der Waals surface area contributed by atoms with Crippen molar-refractivity contribution in [2.75, 3.05) is 6.61 Å². The number of aryl methyl sites for hydroxylation is 1. The lowest BCUT2D eigenvalue weighted by molar-refractivity contribution is 0.0518. The molecule has 1 aromatic heterocycles. The van der Waals surface area contributed by atoms with Crippen LogP contribution in [0.3, 0.4) is 0 Å². The highest BCUT2D eigenvalue weighted by molar-refractivity contribution is 6.07. The molecule has 0 fully saturated rings. The molecule has 3 rings (SSSR count). The summed E-state index contributed by atoms with van der Waals surface area (Å²) in [6, 6.07) is 9.70. The molecule has 8 heteroatoms. The van der Waals surface area contributed by atoms with E-state index in [1.807, 2.05) is 0 Å². The summed E-state index contributed by atoms with van der Waals surface area (Å²) in [7, 11) is 0. The summed E-state index contributed by atoms with van der Waals surface area (Å²) in [6.07, 6.45) is 0.